The lowest BCUT2D eigenvalue weighted by Crippen LogP contribution is -2.36. The van der Waals surface area contributed by atoms with Gasteiger partial charge in [0.2, 0.25) is 0 Å². The predicted octanol–water partition coefficient (Wildman–Crippen LogP) is 2.48. The van der Waals surface area contributed by atoms with E-state index in [4.69, 9.17) is 4.74 Å². The van der Waals surface area contributed by atoms with Crippen LogP contribution in [0.1, 0.15) is 11.3 Å². The fourth-order valence-electron chi connectivity index (χ4n) is 1.83. The summed E-state index contributed by atoms with van der Waals surface area (Å²) in [5.74, 6) is 0.423. The predicted molar refractivity (Wildman–Crippen MR) is 69.3 cm³/mol. The van der Waals surface area contributed by atoms with E-state index in [0.717, 1.165) is 55.0 Å². The molecule has 0 unspecified atom stereocenters. The smallest absolute Gasteiger partial charge is 0.143 e. The summed E-state index contributed by atoms with van der Waals surface area (Å²) in [5, 5.41) is 11.6. The Morgan fingerprint density at radius 2 is 2.19 bits per heavy atom. The van der Waals surface area contributed by atoms with Gasteiger partial charge in [0.1, 0.15) is 5.75 Å². The molecule has 1 aromatic heterocycles. The van der Waals surface area contributed by atoms with E-state index in [1.807, 2.05) is 5.38 Å². The van der Waals surface area contributed by atoms with Crippen LogP contribution in [0.3, 0.4) is 0 Å². The van der Waals surface area contributed by atoms with Crippen LogP contribution in [-0.4, -0.2) is 42.9 Å². The van der Waals surface area contributed by atoms with E-state index in [9.17, 15) is 5.11 Å². The van der Waals surface area contributed by atoms with Gasteiger partial charge in [-0.25, -0.2) is 0 Å². The van der Waals surface area contributed by atoms with Gasteiger partial charge in [0, 0.05) is 23.3 Å². The van der Waals surface area contributed by atoms with Crippen molar-refractivity contribution in [2.45, 2.75) is 12.8 Å². The molecule has 16 heavy (non-hydrogen) atoms. The van der Waals surface area contributed by atoms with E-state index in [2.05, 4.69) is 20.8 Å². The first-order valence-electron chi connectivity index (χ1n) is 5.52. The summed E-state index contributed by atoms with van der Waals surface area (Å²) in [4.78, 5) is 3.50. The van der Waals surface area contributed by atoms with Crippen molar-refractivity contribution in [2.24, 2.45) is 0 Å². The van der Waals surface area contributed by atoms with Crippen LogP contribution < -0.4 is 0 Å². The van der Waals surface area contributed by atoms with Crippen molar-refractivity contribution in [1.82, 2.24) is 4.90 Å². The Balaban J connectivity index is 1.73. The summed E-state index contributed by atoms with van der Waals surface area (Å²) in [5.41, 5.74) is 0. The maximum absolute atomic E-state index is 9.70. The topological polar surface area (TPSA) is 32.7 Å². The zero-order valence-electron chi connectivity index (χ0n) is 9.12. The van der Waals surface area contributed by atoms with E-state index < -0.39 is 0 Å². The fraction of sp³-hybridized carbons (Fsp3) is 0.636. The minimum absolute atomic E-state index is 0.423. The van der Waals surface area contributed by atoms with Crippen molar-refractivity contribution >= 4 is 27.3 Å². The van der Waals surface area contributed by atoms with E-state index in [1.165, 1.54) is 0 Å². The summed E-state index contributed by atoms with van der Waals surface area (Å²) in [6, 6.07) is 0. The molecule has 1 aliphatic heterocycles. The molecule has 0 atom stereocenters. The fourth-order valence-corrected chi connectivity index (χ4v) is 3.33. The summed E-state index contributed by atoms with van der Waals surface area (Å²) in [6.45, 7) is 4.89. The van der Waals surface area contributed by atoms with Crippen LogP contribution in [0.4, 0.5) is 0 Å². The van der Waals surface area contributed by atoms with Crippen molar-refractivity contribution in [3.05, 3.63) is 14.7 Å². The van der Waals surface area contributed by atoms with Crippen molar-refractivity contribution in [2.75, 3.05) is 32.8 Å². The van der Waals surface area contributed by atoms with Crippen LogP contribution in [0, 0.1) is 0 Å². The van der Waals surface area contributed by atoms with E-state index in [-0.39, 0.29) is 0 Å². The maximum Gasteiger partial charge on any atom is 0.143 e. The number of thiophene rings is 1. The molecule has 3 nitrogen and oxygen atoms in total. The number of hydrogen-bond acceptors (Lipinski definition) is 4. The molecule has 1 aromatic rings. The number of halogens is 1. The Morgan fingerprint density at radius 1 is 1.44 bits per heavy atom. The van der Waals surface area contributed by atoms with Crippen molar-refractivity contribution in [3.8, 4) is 5.75 Å². The molecule has 1 aliphatic rings. The van der Waals surface area contributed by atoms with Crippen LogP contribution in [0.25, 0.3) is 0 Å². The second-order valence-corrected chi connectivity index (χ2v) is 5.73. The highest BCUT2D eigenvalue weighted by Gasteiger charge is 2.11. The van der Waals surface area contributed by atoms with Gasteiger partial charge in [0.15, 0.2) is 0 Å². The SMILES string of the molecule is Oc1c(Br)csc1CCCN1CCOCC1. The summed E-state index contributed by atoms with van der Waals surface area (Å²) in [7, 11) is 0. The van der Waals surface area contributed by atoms with Crippen LogP contribution >= 0.6 is 27.3 Å². The third-order valence-electron chi connectivity index (χ3n) is 2.78. The zero-order chi connectivity index (χ0) is 11.4. The molecular weight excluding hydrogens is 290 g/mol. The number of morpholine rings is 1. The summed E-state index contributed by atoms with van der Waals surface area (Å²) in [6.07, 6.45) is 2.06. The number of aryl methyl sites for hydroxylation is 1. The lowest BCUT2D eigenvalue weighted by molar-refractivity contribution is 0.0375. The molecule has 2 rings (SSSR count). The first-order chi connectivity index (χ1) is 7.77. The molecule has 0 spiro atoms. The molecule has 0 aromatic carbocycles. The third kappa shape index (κ3) is 3.20. The Morgan fingerprint density at radius 3 is 2.81 bits per heavy atom. The van der Waals surface area contributed by atoms with Crippen molar-refractivity contribution in [3.63, 3.8) is 0 Å². The van der Waals surface area contributed by atoms with Gasteiger partial charge in [-0.3, -0.25) is 4.90 Å². The minimum Gasteiger partial charge on any atom is -0.506 e. The van der Waals surface area contributed by atoms with Gasteiger partial charge in [-0.05, 0) is 35.3 Å². The molecule has 90 valence electrons. The molecule has 0 aliphatic carbocycles. The molecule has 0 saturated carbocycles. The van der Waals surface area contributed by atoms with Gasteiger partial charge in [-0.15, -0.1) is 11.3 Å². The Kier molecular flexibility index (Phi) is 4.64. The number of hydrogen-bond donors (Lipinski definition) is 1. The first kappa shape index (κ1) is 12.4. The maximum atomic E-state index is 9.70. The molecule has 0 radical (unpaired) electrons. The molecular formula is C11H16BrNO2S. The monoisotopic (exact) mass is 305 g/mol. The van der Waals surface area contributed by atoms with E-state index in [0.29, 0.717) is 5.75 Å². The standard InChI is InChI=1S/C11H16BrNO2S/c12-9-8-16-10(11(9)14)2-1-3-13-4-6-15-7-5-13/h8,14H,1-7H2. The van der Waals surface area contributed by atoms with E-state index in [1.54, 1.807) is 11.3 Å². The van der Waals surface area contributed by atoms with Gasteiger partial charge in [0.25, 0.3) is 0 Å². The van der Waals surface area contributed by atoms with Gasteiger partial charge in [0.05, 0.1) is 17.7 Å². The highest BCUT2D eigenvalue weighted by atomic mass is 79.9. The van der Waals surface area contributed by atoms with Gasteiger partial charge >= 0.3 is 0 Å². The molecule has 0 bridgehead atoms. The van der Waals surface area contributed by atoms with Crippen LogP contribution in [-0.2, 0) is 11.2 Å². The molecule has 0 amide bonds. The zero-order valence-corrected chi connectivity index (χ0v) is 11.5. The quantitative estimate of drug-likeness (QED) is 0.927. The molecule has 2 heterocycles. The molecule has 5 heteroatoms. The Labute approximate surface area is 108 Å². The summed E-state index contributed by atoms with van der Waals surface area (Å²) < 4.78 is 6.12. The van der Waals surface area contributed by atoms with Crippen LogP contribution in [0.5, 0.6) is 5.75 Å². The lowest BCUT2D eigenvalue weighted by atomic mass is 10.2. The highest BCUT2D eigenvalue weighted by molar-refractivity contribution is 9.10. The first-order valence-corrected chi connectivity index (χ1v) is 7.19. The average molecular weight is 306 g/mol. The Bertz CT molecular complexity index is 337. The minimum atomic E-state index is 0.423. The van der Waals surface area contributed by atoms with Crippen LogP contribution in [0.2, 0.25) is 0 Å². The highest BCUT2D eigenvalue weighted by Crippen LogP contribution is 2.34. The molecule has 1 fully saturated rings. The second kappa shape index (κ2) is 6.00. The summed E-state index contributed by atoms with van der Waals surface area (Å²) >= 11 is 4.94. The normalized spacial score (nSPS) is 17.8. The Hall–Kier alpha value is -0.100. The number of nitrogens with zero attached hydrogens (tertiary/aromatic N) is 1. The van der Waals surface area contributed by atoms with Crippen molar-refractivity contribution in [1.29, 1.82) is 0 Å². The number of ether oxygens (including phenoxy) is 1. The van der Waals surface area contributed by atoms with Gasteiger partial charge < -0.3 is 9.84 Å². The molecule has 1 N–H and O–H groups in total. The number of aromatic hydroxyl groups is 1. The average Bonchev–Trinajstić information content (AvgIpc) is 2.62. The number of rotatable bonds is 4. The van der Waals surface area contributed by atoms with Gasteiger partial charge in [-0.1, -0.05) is 0 Å². The third-order valence-corrected chi connectivity index (χ3v) is 4.72. The second-order valence-electron chi connectivity index (χ2n) is 3.91. The largest absolute Gasteiger partial charge is 0.506 e. The van der Waals surface area contributed by atoms with E-state index >= 15 is 0 Å². The van der Waals surface area contributed by atoms with Gasteiger partial charge in [-0.2, -0.15) is 0 Å². The van der Waals surface area contributed by atoms with Crippen molar-refractivity contribution < 1.29 is 9.84 Å². The van der Waals surface area contributed by atoms with Crippen LogP contribution in [0.15, 0.2) is 9.85 Å². The lowest BCUT2D eigenvalue weighted by Gasteiger charge is -2.26. The molecule has 1 saturated heterocycles.